The second kappa shape index (κ2) is 7.12. The summed E-state index contributed by atoms with van der Waals surface area (Å²) in [5.41, 5.74) is 0.399. The van der Waals surface area contributed by atoms with Crippen LogP contribution in [-0.2, 0) is 9.53 Å². The Bertz CT molecular complexity index is 463. The summed E-state index contributed by atoms with van der Waals surface area (Å²) in [6.45, 7) is 2.00. The van der Waals surface area contributed by atoms with Crippen LogP contribution in [0, 0.1) is 0 Å². The molecule has 0 fully saturated rings. The van der Waals surface area contributed by atoms with Crippen molar-refractivity contribution in [3.8, 4) is 0 Å². The Balaban J connectivity index is 2.74. The first kappa shape index (κ1) is 15.5. The topological polar surface area (TPSA) is 43.4 Å². The molecule has 1 rings (SSSR count). The van der Waals surface area contributed by atoms with Crippen LogP contribution in [0.1, 0.15) is 23.7 Å². The number of hydrogen-bond acceptors (Lipinski definition) is 3. The first-order valence-corrected chi connectivity index (χ1v) is 6.91. The van der Waals surface area contributed by atoms with E-state index in [4.69, 9.17) is 27.9 Å². The van der Waals surface area contributed by atoms with Gasteiger partial charge in [-0.3, -0.25) is 9.59 Å². The first-order valence-electron chi connectivity index (χ1n) is 5.24. The summed E-state index contributed by atoms with van der Waals surface area (Å²) < 4.78 is 4.77. The predicted molar refractivity (Wildman–Crippen MR) is 74.8 cm³/mol. The lowest BCUT2D eigenvalue weighted by Gasteiger charge is -2.09. The maximum atomic E-state index is 12.0. The van der Waals surface area contributed by atoms with E-state index in [-0.39, 0.29) is 12.2 Å². The molecule has 18 heavy (non-hydrogen) atoms. The number of Topliss-reactive ketones (excluding diaryl/α,β-unsaturated/α-hetero) is 1. The van der Waals surface area contributed by atoms with Gasteiger partial charge in [0.1, 0.15) is 0 Å². The van der Waals surface area contributed by atoms with E-state index in [1.165, 1.54) is 6.07 Å². The van der Waals surface area contributed by atoms with Gasteiger partial charge in [-0.25, -0.2) is 0 Å². The van der Waals surface area contributed by atoms with E-state index in [0.717, 1.165) is 0 Å². The Kier molecular flexibility index (Phi) is 6.12. The zero-order valence-electron chi connectivity index (χ0n) is 9.58. The lowest BCUT2D eigenvalue weighted by molar-refractivity contribution is -0.142. The SMILES string of the molecule is CCOC(=O)C[C@@H](Br)C(=O)c1ccc(Cl)c(Cl)c1. The van der Waals surface area contributed by atoms with E-state index < -0.39 is 10.8 Å². The van der Waals surface area contributed by atoms with Gasteiger partial charge >= 0.3 is 5.97 Å². The van der Waals surface area contributed by atoms with Crippen LogP contribution in [0.25, 0.3) is 0 Å². The predicted octanol–water partition coefficient (Wildman–Crippen LogP) is 3.89. The van der Waals surface area contributed by atoms with E-state index in [0.29, 0.717) is 22.2 Å². The average molecular weight is 354 g/mol. The fraction of sp³-hybridized carbons (Fsp3) is 0.333. The third-order valence-corrected chi connectivity index (χ3v) is 3.62. The van der Waals surface area contributed by atoms with Gasteiger partial charge in [0, 0.05) is 5.56 Å². The summed E-state index contributed by atoms with van der Waals surface area (Å²) in [7, 11) is 0. The third-order valence-electron chi connectivity index (χ3n) is 2.14. The number of halogens is 3. The summed E-state index contributed by atoms with van der Waals surface area (Å²) >= 11 is 14.8. The highest BCUT2D eigenvalue weighted by atomic mass is 79.9. The Morgan fingerprint density at radius 3 is 2.56 bits per heavy atom. The Morgan fingerprint density at radius 1 is 1.33 bits per heavy atom. The molecule has 1 aromatic rings. The average Bonchev–Trinajstić information content (AvgIpc) is 2.32. The van der Waals surface area contributed by atoms with Gasteiger partial charge in [-0.05, 0) is 25.1 Å². The molecule has 0 saturated heterocycles. The minimum Gasteiger partial charge on any atom is -0.466 e. The van der Waals surface area contributed by atoms with E-state index in [1.807, 2.05) is 0 Å². The second-order valence-corrected chi connectivity index (χ2v) is 5.39. The fourth-order valence-corrected chi connectivity index (χ4v) is 2.12. The molecular weight excluding hydrogens is 343 g/mol. The maximum Gasteiger partial charge on any atom is 0.307 e. The minimum atomic E-state index is -0.631. The molecule has 0 unspecified atom stereocenters. The van der Waals surface area contributed by atoms with Crippen LogP contribution in [0.3, 0.4) is 0 Å². The van der Waals surface area contributed by atoms with E-state index in [1.54, 1.807) is 19.1 Å². The molecule has 6 heteroatoms. The number of alkyl halides is 1. The van der Waals surface area contributed by atoms with E-state index in [9.17, 15) is 9.59 Å². The molecule has 0 amide bonds. The molecule has 0 aliphatic carbocycles. The third kappa shape index (κ3) is 4.26. The monoisotopic (exact) mass is 352 g/mol. The minimum absolute atomic E-state index is 0.0209. The standard InChI is InChI=1S/C12H11BrCl2O3/c1-2-18-11(16)6-8(13)12(17)7-3-4-9(14)10(15)5-7/h3-5,8H,2,6H2,1H3/t8-/m1/s1. The van der Waals surface area contributed by atoms with Crippen LogP contribution in [0.4, 0.5) is 0 Å². The number of carbonyl (C=O) groups is 2. The molecule has 1 aromatic carbocycles. The van der Waals surface area contributed by atoms with Crippen LogP contribution >= 0.6 is 39.1 Å². The zero-order chi connectivity index (χ0) is 13.7. The van der Waals surface area contributed by atoms with E-state index in [2.05, 4.69) is 15.9 Å². The highest BCUT2D eigenvalue weighted by Gasteiger charge is 2.21. The lowest BCUT2D eigenvalue weighted by atomic mass is 10.1. The Hall–Kier alpha value is -0.580. The van der Waals surface area contributed by atoms with Crippen molar-refractivity contribution in [1.82, 2.24) is 0 Å². The van der Waals surface area contributed by atoms with Gasteiger partial charge in [0.25, 0.3) is 0 Å². The van der Waals surface area contributed by atoms with Crippen molar-refractivity contribution < 1.29 is 14.3 Å². The molecule has 1 atom stereocenters. The molecule has 0 bridgehead atoms. The highest BCUT2D eigenvalue weighted by Crippen LogP contribution is 2.24. The summed E-state index contributed by atoms with van der Waals surface area (Å²) in [5, 5.41) is 0.683. The van der Waals surface area contributed by atoms with Crippen LogP contribution < -0.4 is 0 Å². The molecule has 0 heterocycles. The quantitative estimate of drug-likeness (QED) is 0.458. The Labute approximate surface area is 124 Å². The zero-order valence-corrected chi connectivity index (χ0v) is 12.7. The molecule has 0 spiro atoms. The van der Waals surface area contributed by atoms with Crippen molar-refractivity contribution in [2.45, 2.75) is 18.2 Å². The van der Waals surface area contributed by atoms with Crippen molar-refractivity contribution in [2.24, 2.45) is 0 Å². The molecule has 98 valence electrons. The second-order valence-electron chi connectivity index (χ2n) is 3.47. The Morgan fingerprint density at radius 2 is 2.00 bits per heavy atom. The van der Waals surface area contributed by atoms with Crippen LogP contribution in [0.5, 0.6) is 0 Å². The lowest BCUT2D eigenvalue weighted by Crippen LogP contribution is -2.19. The molecular formula is C12H11BrCl2O3. The van der Waals surface area contributed by atoms with Crippen molar-refractivity contribution in [3.05, 3.63) is 33.8 Å². The molecule has 0 aliphatic heterocycles. The molecule has 0 aliphatic rings. The molecule has 0 aromatic heterocycles. The van der Waals surface area contributed by atoms with Gasteiger partial charge < -0.3 is 4.74 Å². The molecule has 0 radical (unpaired) electrons. The fourth-order valence-electron chi connectivity index (χ4n) is 1.29. The van der Waals surface area contributed by atoms with Gasteiger partial charge in [-0.1, -0.05) is 39.1 Å². The summed E-state index contributed by atoms with van der Waals surface area (Å²) in [5.74, 6) is -0.658. The van der Waals surface area contributed by atoms with Crippen molar-refractivity contribution in [3.63, 3.8) is 0 Å². The molecule has 0 saturated carbocycles. The largest absolute Gasteiger partial charge is 0.466 e. The summed E-state index contributed by atoms with van der Waals surface area (Å²) in [4.78, 5) is 22.6. The van der Waals surface area contributed by atoms with Gasteiger partial charge in [0.2, 0.25) is 0 Å². The summed E-state index contributed by atoms with van der Waals surface area (Å²) in [6, 6.07) is 4.59. The number of esters is 1. The van der Waals surface area contributed by atoms with Crippen LogP contribution in [-0.4, -0.2) is 23.2 Å². The van der Waals surface area contributed by atoms with Gasteiger partial charge in [-0.2, -0.15) is 0 Å². The normalized spacial score (nSPS) is 12.0. The van der Waals surface area contributed by atoms with E-state index >= 15 is 0 Å². The van der Waals surface area contributed by atoms with Gasteiger partial charge in [0.15, 0.2) is 5.78 Å². The van der Waals surface area contributed by atoms with Crippen LogP contribution in [0.15, 0.2) is 18.2 Å². The smallest absolute Gasteiger partial charge is 0.307 e. The molecule has 3 nitrogen and oxygen atoms in total. The van der Waals surface area contributed by atoms with Crippen LogP contribution in [0.2, 0.25) is 10.0 Å². The van der Waals surface area contributed by atoms with Crippen molar-refractivity contribution in [2.75, 3.05) is 6.61 Å². The van der Waals surface area contributed by atoms with Gasteiger partial charge in [-0.15, -0.1) is 0 Å². The number of benzene rings is 1. The maximum absolute atomic E-state index is 12.0. The van der Waals surface area contributed by atoms with Crippen molar-refractivity contribution in [1.29, 1.82) is 0 Å². The van der Waals surface area contributed by atoms with Gasteiger partial charge in [0.05, 0.1) is 27.9 Å². The number of rotatable bonds is 5. The number of hydrogen-bond donors (Lipinski definition) is 0. The highest BCUT2D eigenvalue weighted by molar-refractivity contribution is 9.10. The number of ketones is 1. The first-order chi connectivity index (χ1) is 8.45. The number of ether oxygens (including phenoxy) is 1. The molecule has 0 N–H and O–H groups in total. The number of carbonyl (C=O) groups excluding carboxylic acids is 2. The van der Waals surface area contributed by atoms with Crippen molar-refractivity contribution >= 4 is 50.9 Å². The summed E-state index contributed by atoms with van der Waals surface area (Å²) in [6.07, 6.45) is -0.0209.